The van der Waals surface area contributed by atoms with Gasteiger partial charge in [-0.2, -0.15) is 0 Å². The third-order valence-electron chi connectivity index (χ3n) is 1.70. The largest absolute Gasteiger partial charge is 0.395 e. The molecule has 0 aliphatic carbocycles. The lowest BCUT2D eigenvalue weighted by atomic mass is 10.4. The van der Waals surface area contributed by atoms with Crippen molar-refractivity contribution in [2.75, 3.05) is 33.0 Å². The smallest absolute Gasteiger partial charge is 0.317 e. The van der Waals surface area contributed by atoms with E-state index in [9.17, 15) is 4.57 Å². The molecule has 0 saturated heterocycles. The first-order chi connectivity index (χ1) is 7.62. The second-order valence-corrected chi connectivity index (χ2v) is 3.93. The molecule has 0 aliphatic rings. The van der Waals surface area contributed by atoms with E-state index in [2.05, 4.69) is 18.4 Å². The van der Waals surface area contributed by atoms with E-state index in [4.69, 9.17) is 15.1 Å². The number of hydrogen-bond donors (Lipinski definition) is 3. The fraction of sp³-hybridized carbons (Fsp3) is 1.00. The maximum atomic E-state index is 10.1. The van der Waals surface area contributed by atoms with Crippen LogP contribution in [0.2, 0.25) is 0 Å². The third kappa shape index (κ3) is 16.5. The molecule has 0 saturated carbocycles. The van der Waals surface area contributed by atoms with Crippen molar-refractivity contribution in [3.63, 3.8) is 0 Å². The molecule has 1 atom stereocenters. The summed E-state index contributed by atoms with van der Waals surface area (Å²) in [5.41, 5.74) is 0. The Hall–Kier alpha value is 0.0300. The van der Waals surface area contributed by atoms with E-state index in [1.165, 1.54) is 17.7 Å². The highest BCUT2D eigenvalue weighted by molar-refractivity contribution is 7.32. The summed E-state index contributed by atoms with van der Waals surface area (Å²) >= 11 is 0. The normalized spacial score (nSPS) is 12.1. The summed E-state index contributed by atoms with van der Waals surface area (Å²) in [7, 11) is -2.92. The minimum atomic E-state index is -2.92. The van der Waals surface area contributed by atoms with E-state index in [1.54, 1.807) is 0 Å². The van der Waals surface area contributed by atoms with Crippen LogP contribution in [0, 0.1) is 0 Å². The summed E-state index contributed by atoms with van der Waals surface area (Å²) in [5.74, 6) is 0. The zero-order valence-electron chi connectivity index (χ0n) is 10.1. The Morgan fingerprint density at radius 2 is 1.56 bits per heavy atom. The Balaban J connectivity index is 0. The molecule has 0 bridgehead atoms. The Morgan fingerprint density at radius 1 is 1.12 bits per heavy atom. The fourth-order valence-corrected chi connectivity index (χ4v) is 0.963. The number of unbranched alkanes of at least 4 members (excludes halogenated alkanes) is 1. The molecular weight excluding hydrogens is 233 g/mol. The molecule has 16 heavy (non-hydrogen) atoms. The lowest BCUT2D eigenvalue weighted by Gasteiger charge is -2.18. The van der Waals surface area contributed by atoms with Gasteiger partial charge in [0.2, 0.25) is 0 Å². The van der Waals surface area contributed by atoms with Crippen LogP contribution in [0.1, 0.15) is 26.7 Å². The molecule has 0 aliphatic heterocycles. The topological polar surface area (TPSA) is 90.2 Å². The van der Waals surface area contributed by atoms with Crippen LogP contribution in [0.25, 0.3) is 0 Å². The summed E-state index contributed by atoms with van der Waals surface area (Å²) in [4.78, 5) is 9.84. The molecule has 0 heterocycles. The minimum Gasteiger partial charge on any atom is -0.395 e. The van der Waals surface area contributed by atoms with E-state index in [0.717, 1.165) is 0 Å². The third-order valence-corrected chi connectivity index (χ3v) is 2.08. The molecule has 0 aromatic heterocycles. The van der Waals surface area contributed by atoms with Crippen molar-refractivity contribution in [2.24, 2.45) is 0 Å². The standard InChI is InChI=1S/C5H14NO5P.C4H10/c7-3-1-6(2-4-8)5-11-12(9)10;1-3-4-2/h7-8,12H,1-5H2,(H,9,10);3-4H2,1-2H3. The van der Waals surface area contributed by atoms with Crippen LogP contribution in [0.4, 0.5) is 0 Å². The molecule has 1 unspecified atom stereocenters. The number of aliphatic hydroxyl groups excluding tert-OH is 2. The van der Waals surface area contributed by atoms with Gasteiger partial charge in [-0.15, -0.1) is 0 Å². The van der Waals surface area contributed by atoms with Crippen LogP contribution >= 0.6 is 8.25 Å². The van der Waals surface area contributed by atoms with Crippen molar-refractivity contribution in [3.8, 4) is 0 Å². The average Bonchev–Trinajstić information content (AvgIpc) is 2.27. The van der Waals surface area contributed by atoms with Crippen LogP contribution < -0.4 is 0 Å². The highest BCUT2D eigenvalue weighted by Gasteiger charge is 2.03. The maximum Gasteiger partial charge on any atom is 0.317 e. The molecule has 0 aromatic carbocycles. The second kappa shape index (κ2) is 15.0. The number of hydrogen-bond acceptors (Lipinski definition) is 5. The van der Waals surface area contributed by atoms with Crippen molar-refractivity contribution in [3.05, 3.63) is 0 Å². The molecular formula is C9H24NO5P. The number of nitrogens with zero attached hydrogens (tertiary/aromatic N) is 1. The van der Waals surface area contributed by atoms with Crippen molar-refractivity contribution in [1.82, 2.24) is 4.90 Å². The molecule has 0 aromatic rings. The Labute approximate surface area is 97.8 Å². The highest BCUT2D eigenvalue weighted by atomic mass is 31.1. The van der Waals surface area contributed by atoms with Gasteiger partial charge in [-0.05, 0) is 0 Å². The van der Waals surface area contributed by atoms with Gasteiger partial charge in [0, 0.05) is 13.1 Å². The van der Waals surface area contributed by atoms with E-state index in [0.29, 0.717) is 13.1 Å². The van der Waals surface area contributed by atoms with Gasteiger partial charge < -0.3 is 15.1 Å². The second-order valence-electron chi connectivity index (χ2n) is 3.10. The Bertz CT molecular complexity index is 151. The summed E-state index contributed by atoms with van der Waals surface area (Å²) in [6.45, 7) is 4.80. The first-order valence-corrected chi connectivity index (χ1v) is 6.68. The van der Waals surface area contributed by atoms with Gasteiger partial charge in [-0.3, -0.25) is 14.0 Å². The first kappa shape index (κ1) is 18.4. The zero-order valence-corrected chi connectivity index (χ0v) is 11.1. The minimum absolute atomic E-state index is 0.0462. The molecule has 100 valence electrons. The van der Waals surface area contributed by atoms with Gasteiger partial charge in [0.1, 0.15) is 6.73 Å². The SMILES string of the molecule is CCCC.O=[PH](O)OCN(CCO)CCO. The molecule has 0 spiro atoms. The monoisotopic (exact) mass is 257 g/mol. The molecule has 0 radical (unpaired) electrons. The molecule has 6 nitrogen and oxygen atoms in total. The van der Waals surface area contributed by atoms with Crippen LogP contribution in [-0.2, 0) is 9.09 Å². The zero-order chi connectivity index (χ0) is 12.8. The van der Waals surface area contributed by atoms with Crippen molar-refractivity contribution in [1.29, 1.82) is 0 Å². The van der Waals surface area contributed by atoms with E-state index in [1.807, 2.05) is 0 Å². The molecule has 0 fully saturated rings. The first-order valence-electron chi connectivity index (χ1n) is 5.42. The van der Waals surface area contributed by atoms with Crippen molar-refractivity contribution < 1.29 is 24.2 Å². The van der Waals surface area contributed by atoms with Crippen LogP contribution in [-0.4, -0.2) is 53.0 Å². The maximum absolute atomic E-state index is 10.1. The summed E-state index contributed by atoms with van der Waals surface area (Å²) in [6, 6.07) is 0. The lowest BCUT2D eigenvalue weighted by molar-refractivity contribution is 0.0828. The average molecular weight is 257 g/mol. The number of rotatable bonds is 8. The Kier molecular flexibility index (Phi) is 17.3. The highest BCUT2D eigenvalue weighted by Crippen LogP contribution is 2.14. The van der Waals surface area contributed by atoms with Gasteiger partial charge in [0.15, 0.2) is 0 Å². The summed E-state index contributed by atoms with van der Waals surface area (Å²) in [6.07, 6.45) is 2.64. The fourth-order valence-electron chi connectivity index (χ4n) is 0.670. The van der Waals surface area contributed by atoms with Gasteiger partial charge in [0.25, 0.3) is 0 Å². The lowest BCUT2D eigenvalue weighted by Crippen LogP contribution is -2.31. The van der Waals surface area contributed by atoms with Gasteiger partial charge in [-0.25, -0.2) is 0 Å². The van der Waals surface area contributed by atoms with E-state index < -0.39 is 8.25 Å². The van der Waals surface area contributed by atoms with Gasteiger partial charge in [-0.1, -0.05) is 26.7 Å². The van der Waals surface area contributed by atoms with Gasteiger partial charge in [0.05, 0.1) is 13.2 Å². The van der Waals surface area contributed by atoms with Crippen LogP contribution in [0.15, 0.2) is 0 Å². The quantitative estimate of drug-likeness (QED) is 0.431. The van der Waals surface area contributed by atoms with E-state index >= 15 is 0 Å². The summed E-state index contributed by atoms with van der Waals surface area (Å²) in [5, 5.41) is 17.0. The van der Waals surface area contributed by atoms with E-state index in [-0.39, 0.29) is 19.9 Å². The molecule has 3 N–H and O–H groups in total. The molecule has 7 heteroatoms. The molecule has 0 amide bonds. The predicted molar refractivity (Wildman–Crippen MR) is 63.5 cm³/mol. The van der Waals surface area contributed by atoms with Crippen LogP contribution in [0.5, 0.6) is 0 Å². The summed E-state index contributed by atoms with van der Waals surface area (Å²) < 4.78 is 14.5. The van der Waals surface area contributed by atoms with Crippen molar-refractivity contribution >= 4 is 8.25 Å². The van der Waals surface area contributed by atoms with Crippen LogP contribution in [0.3, 0.4) is 0 Å². The molecule has 0 rings (SSSR count). The Morgan fingerprint density at radius 3 is 1.81 bits per heavy atom. The predicted octanol–water partition coefficient (Wildman–Crippen LogP) is 0.436. The van der Waals surface area contributed by atoms with Crippen molar-refractivity contribution in [2.45, 2.75) is 26.7 Å². The van der Waals surface area contributed by atoms with Gasteiger partial charge >= 0.3 is 8.25 Å². The number of aliphatic hydroxyl groups is 2.